The molecule has 1 rings (SSSR count). The van der Waals surface area contributed by atoms with Crippen molar-refractivity contribution in [3.8, 4) is 0 Å². The maximum Gasteiger partial charge on any atom is 0.292 e. The Morgan fingerprint density at radius 2 is 2.17 bits per heavy atom. The van der Waals surface area contributed by atoms with Gasteiger partial charge in [-0.2, -0.15) is 0 Å². The first-order valence-electron chi connectivity index (χ1n) is 3.17. The summed E-state index contributed by atoms with van der Waals surface area (Å²) in [6.45, 7) is 1.23. The average Bonchev–Trinajstić information content (AvgIpc) is 2.35. The van der Waals surface area contributed by atoms with E-state index in [2.05, 4.69) is 21.2 Å². The van der Waals surface area contributed by atoms with Gasteiger partial charge in [-0.25, -0.2) is 0 Å². The van der Waals surface area contributed by atoms with Gasteiger partial charge in [-0.15, -0.1) is 11.3 Å². The average molecular weight is 248 g/mol. The first-order valence-corrected chi connectivity index (χ1v) is 4.78. The molecule has 0 aliphatic heterocycles. The highest BCUT2D eigenvalue weighted by molar-refractivity contribution is 9.11. The van der Waals surface area contributed by atoms with E-state index in [4.69, 9.17) is 0 Å². The van der Waals surface area contributed by atoms with Crippen LogP contribution in [0.2, 0.25) is 0 Å². The molecule has 0 fully saturated rings. The van der Waals surface area contributed by atoms with Crippen molar-refractivity contribution in [3.05, 3.63) is 15.9 Å². The summed E-state index contributed by atoms with van der Waals surface area (Å²) in [6.07, 6.45) is 0. The quantitative estimate of drug-likeness (QED) is 0.814. The lowest BCUT2D eigenvalue weighted by molar-refractivity contribution is -0.133. The van der Waals surface area contributed by atoms with Crippen molar-refractivity contribution in [2.24, 2.45) is 0 Å². The molecule has 64 valence electrons. The Hall–Kier alpha value is -0.680. The van der Waals surface area contributed by atoms with Crippen LogP contribution in [0, 0.1) is 0 Å². The van der Waals surface area contributed by atoms with Crippen molar-refractivity contribution < 1.29 is 9.59 Å². The molecular weight excluding hydrogens is 242 g/mol. The SMILES string of the molecule is CC(=O)C(=O)Nc1ccc(Br)s1. The fraction of sp³-hybridized carbons (Fsp3) is 0.143. The van der Waals surface area contributed by atoms with E-state index in [1.54, 1.807) is 12.1 Å². The maximum atomic E-state index is 10.9. The smallest absolute Gasteiger partial charge is 0.292 e. The summed E-state index contributed by atoms with van der Waals surface area (Å²) < 4.78 is 0.918. The standard InChI is InChI=1S/C7H6BrNO2S/c1-4(10)7(11)9-6-3-2-5(8)12-6/h2-3H,1H3,(H,9,11). The second-order valence-corrected chi connectivity index (χ2v) is 4.58. The summed E-state index contributed by atoms with van der Waals surface area (Å²) in [5, 5.41) is 3.13. The van der Waals surface area contributed by atoms with Crippen LogP contribution in [0.1, 0.15) is 6.92 Å². The van der Waals surface area contributed by atoms with Crippen molar-refractivity contribution >= 4 is 44.0 Å². The highest BCUT2D eigenvalue weighted by Crippen LogP contribution is 2.26. The van der Waals surface area contributed by atoms with Crippen molar-refractivity contribution in [1.82, 2.24) is 0 Å². The molecule has 0 bridgehead atoms. The normalized spacial score (nSPS) is 9.50. The van der Waals surface area contributed by atoms with Gasteiger partial charge in [-0.3, -0.25) is 9.59 Å². The van der Waals surface area contributed by atoms with Gasteiger partial charge in [-0.05, 0) is 28.1 Å². The molecule has 1 aromatic heterocycles. The lowest BCUT2D eigenvalue weighted by Gasteiger charge is -1.95. The van der Waals surface area contributed by atoms with Crippen LogP contribution in [0.3, 0.4) is 0 Å². The second-order valence-electron chi connectivity index (χ2n) is 2.11. The van der Waals surface area contributed by atoms with E-state index in [9.17, 15) is 9.59 Å². The van der Waals surface area contributed by atoms with Gasteiger partial charge in [-0.1, -0.05) is 0 Å². The number of rotatable bonds is 2. The lowest BCUT2D eigenvalue weighted by atomic mass is 10.4. The summed E-state index contributed by atoms with van der Waals surface area (Å²) in [5.41, 5.74) is 0. The Morgan fingerprint density at radius 3 is 2.58 bits per heavy atom. The lowest BCUT2D eigenvalue weighted by Crippen LogP contribution is -2.18. The molecule has 5 heteroatoms. The van der Waals surface area contributed by atoms with Crippen molar-refractivity contribution in [2.75, 3.05) is 5.32 Å². The fourth-order valence-corrected chi connectivity index (χ4v) is 1.86. The predicted octanol–water partition coefficient (Wildman–Crippen LogP) is 2.04. The maximum absolute atomic E-state index is 10.9. The molecule has 0 atom stereocenters. The Balaban J connectivity index is 2.64. The molecule has 0 radical (unpaired) electrons. The number of anilines is 1. The Morgan fingerprint density at radius 1 is 1.50 bits per heavy atom. The zero-order chi connectivity index (χ0) is 9.14. The Labute approximate surface area is 81.9 Å². The summed E-state index contributed by atoms with van der Waals surface area (Å²) >= 11 is 4.61. The molecule has 1 amide bonds. The van der Waals surface area contributed by atoms with Gasteiger partial charge in [0.15, 0.2) is 0 Å². The number of nitrogens with one attached hydrogen (secondary N) is 1. The third-order valence-corrected chi connectivity index (χ3v) is 2.67. The largest absolute Gasteiger partial charge is 0.311 e. The molecule has 0 aliphatic carbocycles. The number of carbonyl (C=O) groups is 2. The van der Waals surface area contributed by atoms with Crippen LogP contribution in [0.5, 0.6) is 0 Å². The minimum absolute atomic E-state index is 0.487. The van der Waals surface area contributed by atoms with Gasteiger partial charge < -0.3 is 5.32 Å². The minimum Gasteiger partial charge on any atom is -0.311 e. The van der Waals surface area contributed by atoms with E-state index in [1.807, 2.05) is 0 Å². The van der Waals surface area contributed by atoms with Crippen LogP contribution in [-0.4, -0.2) is 11.7 Å². The van der Waals surface area contributed by atoms with Gasteiger partial charge in [0.05, 0.1) is 8.79 Å². The van der Waals surface area contributed by atoms with Crippen LogP contribution < -0.4 is 5.32 Å². The molecule has 3 nitrogen and oxygen atoms in total. The van der Waals surface area contributed by atoms with E-state index in [0.717, 1.165) is 3.79 Å². The number of halogens is 1. The Bertz CT molecular complexity index is 321. The van der Waals surface area contributed by atoms with E-state index < -0.39 is 11.7 Å². The zero-order valence-corrected chi connectivity index (χ0v) is 8.66. The van der Waals surface area contributed by atoms with Crippen LogP contribution in [0.4, 0.5) is 5.00 Å². The first kappa shape index (κ1) is 9.41. The predicted molar refractivity (Wildman–Crippen MR) is 51.3 cm³/mol. The van der Waals surface area contributed by atoms with E-state index in [0.29, 0.717) is 5.00 Å². The second kappa shape index (κ2) is 3.82. The molecule has 12 heavy (non-hydrogen) atoms. The van der Waals surface area contributed by atoms with Gasteiger partial charge in [0.25, 0.3) is 5.91 Å². The van der Waals surface area contributed by atoms with E-state index in [1.165, 1.54) is 18.3 Å². The number of hydrogen-bond donors (Lipinski definition) is 1. The number of thiophene rings is 1. The summed E-state index contributed by atoms with van der Waals surface area (Å²) in [5.74, 6) is -1.07. The number of amides is 1. The highest BCUT2D eigenvalue weighted by atomic mass is 79.9. The molecule has 0 saturated heterocycles. The highest BCUT2D eigenvalue weighted by Gasteiger charge is 2.08. The number of carbonyl (C=O) groups excluding carboxylic acids is 2. The summed E-state index contributed by atoms with van der Waals surface area (Å²) in [6, 6.07) is 3.54. The molecule has 0 saturated carbocycles. The van der Waals surface area contributed by atoms with Crippen molar-refractivity contribution in [3.63, 3.8) is 0 Å². The fourth-order valence-electron chi connectivity index (χ4n) is 0.581. The molecular formula is C7H6BrNO2S. The first-order chi connectivity index (χ1) is 5.59. The number of hydrogen-bond acceptors (Lipinski definition) is 3. The number of Topliss-reactive ketones (excluding diaryl/α,β-unsaturated/α-hetero) is 1. The van der Waals surface area contributed by atoms with Crippen molar-refractivity contribution in [2.45, 2.75) is 6.92 Å². The van der Waals surface area contributed by atoms with Crippen LogP contribution in [-0.2, 0) is 9.59 Å². The summed E-state index contributed by atoms with van der Waals surface area (Å²) in [4.78, 5) is 21.4. The molecule has 1 aromatic rings. The van der Waals surface area contributed by atoms with E-state index >= 15 is 0 Å². The van der Waals surface area contributed by atoms with Gasteiger partial charge in [0.1, 0.15) is 0 Å². The van der Waals surface area contributed by atoms with E-state index in [-0.39, 0.29) is 0 Å². The molecule has 0 spiro atoms. The third-order valence-electron chi connectivity index (χ3n) is 1.13. The van der Waals surface area contributed by atoms with Gasteiger partial charge in [0, 0.05) is 6.92 Å². The van der Waals surface area contributed by atoms with Crippen LogP contribution in [0.15, 0.2) is 15.9 Å². The molecule has 0 aliphatic rings. The molecule has 0 unspecified atom stereocenters. The summed E-state index contributed by atoms with van der Waals surface area (Å²) in [7, 11) is 0. The topological polar surface area (TPSA) is 46.2 Å². The molecule has 0 aromatic carbocycles. The minimum atomic E-state index is -0.579. The third kappa shape index (κ3) is 2.42. The van der Waals surface area contributed by atoms with Gasteiger partial charge >= 0.3 is 0 Å². The monoisotopic (exact) mass is 247 g/mol. The van der Waals surface area contributed by atoms with Crippen LogP contribution >= 0.6 is 27.3 Å². The Kier molecular flexibility index (Phi) is 2.99. The molecule has 1 N–H and O–H groups in total. The van der Waals surface area contributed by atoms with Crippen molar-refractivity contribution in [1.29, 1.82) is 0 Å². The van der Waals surface area contributed by atoms with Gasteiger partial charge in [0.2, 0.25) is 5.78 Å². The number of ketones is 1. The molecule has 1 heterocycles. The zero-order valence-electron chi connectivity index (χ0n) is 6.26. The van der Waals surface area contributed by atoms with Crippen LogP contribution in [0.25, 0.3) is 0 Å².